The third-order valence-electron chi connectivity index (χ3n) is 1.05. The molecule has 0 radical (unpaired) electrons. The molecule has 0 aliphatic heterocycles. The van der Waals surface area contributed by atoms with Crippen molar-refractivity contribution in [2.24, 2.45) is 0 Å². The van der Waals surface area contributed by atoms with Gasteiger partial charge in [0.05, 0.1) is 6.10 Å². The number of ether oxygens (including phenoxy) is 1. The second-order valence-corrected chi connectivity index (χ2v) is 3.57. The zero-order chi connectivity index (χ0) is 8.27. The summed E-state index contributed by atoms with van der Waals surface area (Å²) in [7, 11) is 0. The van der Waals surface area contributed by atoms with Crippen LogP contribution in [-0.2, 0) is 0 Å². The van der Waals surface area contributed by atoms with Crippen molar-refractivity contribution in [2.75, 3.05) is 0 Å². The van der Waals surface area contributed by atoms with Gasteiger partial charge in [0.25, 0.3) is 0 Å². The topological polar surface area (TPSA) is 22.1 Å². The molecule has 0 fully saturated rings. The molecule has 0 aromatic carbocycles. The summed E-state index contributed by atoms with van der Waals surface area (Å²) in [5.74, 6) is 0.701. The molecule has 0 amide bonds. The van der Waals surface area contributed by atoms with Crippen molar-refractivity contribution in [2.45, 2.75) is 20.0 Å². The van der Waals surface area contributed by atoms with Gasteiger partial charge in [-0.1, -0.05) is 6.07 Å². The third-order valence-corrected chi connectivity index (χ3v) is 1.65. The average Bonchev–Trinajstić information content (AvgIpc) is 1.85. The van der Waals surface area contributed by atoms with Crippen LogP contribution in [-0.4, -0.2) is 11.1 Å². The lowest BCUT2D eigenvalue weighted by atomic mass is 10.4. The van der Waals surface area contributed by atoms with Gasteiger partial charge >= 0.3 is 0 Å². The van der Waals surface area contributed by atoms with Crippen molar-refractivity contribution in [3.8, 4) is 5.88 Å². The Kier molecular flexibility index (Phi) is 3.11. The maximum Gasteiger partial charge on any atom is 0.214 e. The first-order valence-corrected chi connectivity index (χ1v) is 4.55. The Morgan fingerprint density at radius 1 is 1.45 bits per heavy atom. The van der Waals surface area contributed by atoms with Crippen molar-refractivity contribution < 1.29 is 4.74 Å². The van der Waals surface area contributed by atoms with E-state index in [1.54, 1.807) is 0 Å². The lowest BCUT2D eigenvalue weighted by Crippen LogP contribution is -2.06. The van der Waals surface area contributed by atoms with Crippen LogP contribution < -0.4 is 4.74 Å². The quantitative estimate of drug-likeness (QED) is 0.604. The molecule has 0 aliphatic rings. The van der Waals surface area contributed by atoms with Gasteiger partial charge in [-0.05, 0) is 42.5 Å². The second-order valence-electron chi connectivity index (χ2n) is 2.47. The minimum absolute atomic E-state index is 0.195. The summed E-state index contributed by atoms with van der Waals surface area (Å²) in [5.41, 5.74) is 0. The van der Waals surface area contributed by atoms with Gasteiger partial charge in [0.2, 0.25) is 5.88 Å². The van der Waals surface area contributed by atoms with E-state index in [1.807, 2.05) is 32.0 Å². The Morgan fingerprint density at radius 3 is 2.73 bits per heavy atom. The summed E-state index contributed by atoms with van der Waals surface area (Å²) >= 11 is 2.16. The molecular weight excluding hydrogens is 253 g/mol. The Balaban J connectivity index is 2.71. The molecule has 0 aliphatic carbocycles. The molecule has 1 heterocycles. The van der Waals surface area contributed by atoms with Gasteiger partial charge in [-0.25, -0.2) is 4.98 Å². The van der Waals surface area contributed by atoms with E-state index in [9.17, 15) is 0 Å². The van der Waals surface area contributed by atoms with Crippen LogP contribution in [0.4, 0.5) is 0 Å². The molecule has 0 atom stereocenters. The molecule has 1 rings (SSSR count). The van der Waals surface area contributed by atoms with E-state index in [-0.39, 0.29) is 6.10 Å². The molecule has 0 N–H and O–H groups in total. The van der Waals surface area contributed by atoms with Gasteiger partial charge in [0, 0.05) is 6.07 Å². The van der Waals surface area contributed by atoms with Gasteiger partial charge in [0.15, 0.2) is 0 Å². The molecule has 0 spiro atoms. The molecule has 11 heavy (non-hydrogen) atoms. The highest BCUT2D eigenvalue weighted by atomic mass is 127. The highest BCUT2D eigenvalue weighted by molar-refractivity contribution is 14.1. The normalized spacial score (nSPS) is 10.2. The fourth-order valence-electron chi connectivity index (χ4n) is 0.697. The maximum atomic E-state index is 5.38. The average molecular weight is 263 g/mol. The van der Waals surface area contributed by atoms with E-state index < -0.39 is 0 Å². The Morgan fingerprint density at radius 2 is 2.18 bits per heavy atom. The van der Waals surface area contributed by atoms with Gasteiger partial charge in [0.1, 0.15) is 3.70 Å². The first-order valence-electron chi connectivity index (χ1n) is 3.47. The maximum absolute atomic E-state index is 5.38. The van der Waals surface area contributed by atoms with Crippen LogP contribution in [0.1, 0.15) is 13.8 Å². The minimum Gasteiger partial charge on any atom is -0.475 e. The van der Waals surface area contributed by atoms with Crippen LogP contribution in [0.5, 0.6) is 5.88 Å². The molecule has 0 bridgehead atoms. The fourth-order valence-corrected chi connectivity index (χ4v) is 1.14. The van der Waals surface area contributed by atoms with Crippen molar-refractivity contribution in [1.29, 1.82) is 0 Å². The van der Waals surface area contributed by atoms with Crippen molar-refractivity contribution >= 4 is 22.6 Å². The molecular formula is C8H10INO. The van der Waals surface area contributed by atoms with Gasteiger partial charge in [-0.15, -0.1) is 0 Å². The predicted octanol–water partition coefficient (Wildman–Crippen LogP) is 2.47. The molecule has 3 heteroatoms. The lowest BCUT2D eigenvalue weighted by molar-refractivity contribution is 0.232. The molecule has 1 aromatic rings. The Bertz CT molecular complexity index is 237. The highest BCUT2D eigenvalue weighted by Gasteiger charge is 1.97. The van der Waals surface area contributed by atoms with Crippen LogP contribution in [0.15, 0.2) is 18.2 Å². The summed E-state index contributed by atoms with van der Waals surface area (Å²) in [4.78, 5) is 4.18. The van der Waals surface area contributed by atoms with E-state index in [0.717, 1.165) is 3.70 Å². The zero-order valence-electron chi connectivity index (χ0n) is 6.54. The van der Waals surface area contributed by atoms with E-state index in [4.69, 9.17) is 4.74 Å². The van der Waals surface area contributed by atoms with E-state index in [0.29, 0.717) is 5.88 Å². The molecule has 2 nitrogen and oxygen atoms in total. The number of hydrogen-bond acceptors (Lipinski definition) is 2. The van der Waals surface area contributed by atoms with E-state index in [1.165, 1.54) is 0 Å². The summed E-state index contributed by atoms with van der Waals surface area (Å²) in [6.07, 6.45) is 0.195. The minimum atomic E-state index is 0.195. The van der Waals surface area contributed by atoms with Gasteiger partial charge in [-0.2, -0.15) is 0 Å². The van der Waals surface area contributed by atoms with Crippen LogP contribution in [0.2, 0.25) is 0 Å². The smallest absolute Gasteiger partial charge is 0.214 e. The van der Waals surface area contributed by atoms with Crippen LogP contribution in [0.25, 0.3) is 0 Å². The van der Waals surface area contributed by atoms with E-state index >= 15 is 0 Å². The fraction of sp³-hybridized carbons (Fsp3) is 0.375. The van der Waals surface area contributed by atoms with Gasteiger partial charge < -0.3 is 4.74 Å². The number of hydrogen-bond donors (Lipinski definition) is 0. The van der Waals surface area contributed by atoms with Crippen molar-refractivity contribution in [1.82, 2.24) is 4.98 Å². The predicted molar refractivity (Wildman–Crippen MR) is 52.7 cm³/mol. The molecule has 0 saturated heterocycles. The van der Waals surface area contributed by atoms with Crippen LogP contribution in [0, 0.1) is 3.70 Å². The first kappa shape index (κ1) is 8.77. The molecule has 60 valence electrons. The third kappa shape index (κ3) is 3.05. The van der Waals surface area contributed by atoms with Crippen molar-refractivity contribution in [3.05, 3.63) is 21.9 Å². The Hall–Kier alpha value is -0.320. The summed E-state index contributed by atoms with van der Waals surface area (Å²) < 4.78 is 6.34. The number of halogens is 1. The summed E-state index contributed by atoms with van der Waals surface area (Å²) in [6.45, 7) is 3.98. The van der Waals surface area contributed by atoms with Crippen LogP contribution >= 0.6 is 22.6 Å². The van der Waals surface area contributed by atoms with E-state index in [2.05, 4.69) is 27.6 Å². The largest absolute Gasteiger partial charge is 0.475 e. The molecule has 1 aromatic heterocycles. The van der Waals surface area contributed by atoms with Crippen molar-refractivity contribution in [3.63, 3.8) is 0 Å². The van der Waals surface area contributed by atoms with Gasteiger partial charge in [-0.3, -0.25) is 0 Å². The monoisotopic (exact) mass is 263 g/mol. The SMILES string of the molecule is CC(C)Oc1cccc(I)n1. The van der Waals surface area contributed by atoms with Crippen LogP contribution in [0.3, 0.4) is 0 Å². The molecule has 0 saturated carbocycles. The number of aromatic nitrogens is 1. The zero-order valence-corrected chi connectivity index (χ0v) is 8.70. The second kappa shape index (κ2) is 3.90. The highest BCUT2D eigenvalue weighted by Crippen LogP contribution is 2.10. The first-order chi connectivity index (χ1) is 5.18. The lowest BCUT2D eigenvalue weighted by Gasteiger charge is -2.07. The number of pyridine rings is 1. The number of nitrogens with zero attached hydrogens (tertiary/aromatic N) is 1. The molecule has 0 unspecified atom stereocenters. The standard InChI is InChI=1S/C8H10INO/c1-6(2)11-8-5-3-4-7(9)10-8/h3-6H,1-2H3. The summed E-state index contributed by atoms with van der Waals surface area (Å²) in [5, 5.41) is 0. The Labute approximate surface area is 80.1 Å². The number of rotatable bonds is 2. The summed E-state index contributed by atoms with van der Waals surface area (Å²) in [6, 6.07) is 5.74.